The third kappa shape index (κ3) is 5.39. The van der Waals surface area contributed by atoms with Crippen LogP contribution in [-0.4, -0.2) is 22.4 Å². The van der Waals surface area contributed by atoms with Crippen molar-refractivity contribution >= 4 is 23.7 Å². The molecule has 7 heteroatoms. The van der Waals surface area contributed by atoms with Crippen molar-refractivity contribution < 1.29 is 14.4 Å². The second-order valence-corrected chi connectivity index (χ2v) is 6.09. The number of amides is 2. The van der Waals surface area contributed by atoms with Crippen LogP contribution in [0.2, 0.25) is 0 Å². The van der Waals surface area contributed by atoms with Crippen LogP contribution in [-0.2, 0) is 22.8 Å². The second-order valence-electron chi connectivity index (χ2n) is 6.09. The van der Waals surface area contributed by atoms with E-state index in [2.05, 4.69) is 10.3 Å². The Morgan fingerprint density at radius 3 is 2.61 bits per heavy atom. The van der Waals surface area contributed by atoms with Gasteiger partial charge in [0.1, 0.15) is 6.61 Å². The van der Waals surface area contributed by atoms with Gasteiger partial charge >= 0.3 is 0 Å². The van der Waals surface area contributed by atoms with Gasteiger partial charge in [0.25, 0.3) is 5.91 Å². The first-order chi connectivity index (χ1) is 13.6. The van der Waals surface area contributed by atoms with Crippen molar-refractivity contribution in [2.24, 2.45) is 0 Å². The van der Waals surface area contributed by atoms with Crippen molar-refractivity contribution in [2.75, 3.05) is 11.1 Å². The zero-order valence-corrected chi connectivity index (χ0v) is 15.1. The Hall–Kier alpha value is -3.71. The highest BCUT2D eigenvalue weighted by Crippen LogP contribution is 2.14. The van der Waals surface area contributed by atoms with Gasteiger partial charge in [-0.1, -0.05) is 24.3 Å². The molecular formula is C21H20N4O3. The topological polar surface area (TPSA) is 97.6 Å². The summed E-state index contributed by atoms with van der Waals surface area (Å²) >= 11 is 0. The molecule has 28 heavy (non-hydrogen) atoms. The standard InChI is InChI=1S/C21H20N4O3/c22-19-4-1-5-20(11-19)24-21(27)18-8-6-16(7-9-18)13-25(15-26)28-14-17-3-2-10-23-12-17/h1-12,15H,13-14,22H2,(H,24,27). The van der Waals surface area contributed by atoms with Crippen LogP contribution >= 0.6 is 0 Å². The van der Waals surface area contributed by atoms with E-state index in [1.54, 1.807) is 67.0 Å². The molecule has 0 aliphatic heterocycles. The van der Waals surface area contributed by atoms with Crippen LogP contribution in [0, 0.1) is 0 Å². The third-order valence-electron chi connectivity index (χ3n) is 3.94. The molecule has 0 bridgehead atoms. The van der Waals surface area contributed by atoms with Gasteiger partial charge in [-0.15, -0.1) is 0 Å². The fourth-order valence-corrected chi connectivity index (χ4v) is 2.52. The summed E-state index contributed by atoms with van der Waals surface area (Å²) in [6.07, 6.45) is 3.97. The molecule has 1 heterocycles. The maximum Gasteiger partial charge on any atom is 0.255 e. The second kappa shape index (κ2) is 9.29. The first-order valence-corrected chi connectivity index (χ1v) is 8.63. The summed E-state index contributed by atoms with van der Waals surface area (Å²) in [4.78, 5) is 33.1. The van der Waals surface area contributed by atoms with E-state index in [0.717, 1.165) is 11.1 Å². The number of nitrogens with zero attached hydrogens (tertiary/aromatic N) is 2. The summed E-state index contributed by atoms with van der Waals surface area (Å²) in [6.45, 7) is 0.508. The van der Waals surface area contributed by atoms with E-state index in [1.807, 2.05) is 6.07 Å². The van der Waals surface area contributed by atoms with Crippen molar-refractivity contribution in [1.82, 2.24) is 10.0 Å². The van der Waals surface area contributed by atoms with Crippen LogP contribution in [0.25, 0.3) is 0 Å². The van der Waals surface area contributed by atoms with E-state index in [-0.39, 0.29) is 19.1 Å². The van der Waals surface area contributed by atoms with Crippen molar-refractivity contribution in [3.63, 3.8) is 0 Å². The van der Waals surface area contributed by atoms with Crippen molar-refractivity contribution in [3.05, 3.63) is 89.7 Å². The number of carbonyl (C=O) groups is 2. The van der Waals surface area contributed by atoms with Gasteiger partial charge in [0, 0.05) is 29.3 Å². The summed E-state index contributed by atoms with van der Waals surface area (Å²) < 4.78 is 0. The minimum atomic E-state index is -0.239. The number of hydrogen-bond donors (Lipinski definition) is 2. The first-order valence-electron chi connectivity index (χ1n) is 8.63. The summed E-state index contributed by atoms with van der Waals surface area (Å²) in [5.74, 6) is -0.239. The van der Waals surface area contributed by atoms with Crippen molar-refractivity contribution in [2.45, 2.75) is 13.2 Å². The number of carbonyl (C=O) groups excluding carboxylic acids is 2. The molecule has 0 unspecified atom stereocenters. The quantitative estimate of drug-likeness (QED) is 0.358. The van der Waals surface area contributed by atoms with Gasteiger partial charge in [-0.2, -0.15) is 0 Å². The number of rotatable bonds is 8. The summed E-state index contributed by atoms with van der Waals surface area (Å²) in [5.41, 5.74) is 9.12. The van der Waals surface area contributed by atoms with Crippen molar-refractivity contribution in [1.29, 1.82) is 0 Å². The lowest BCUT2D eigenvalue weighted by Gasteiger charge is -2.17. The lowest BCUT2D eigenvalue weighted by Crippen LogP contribution is -2.21. The molecular weight excluding hydrogens is 356 g/mol. The van der Waals surface area contributed by atoms with Gasteiger partial charge < -0.3 is 11.1 Å². The number of benzene rings is 2. The SMILES string of the molecule is Nc1cccc(NC(=O)c2ccc(CN(C=O)OCc3cccnc3)cc2)c1. The minimum absolute atomic E-state index is 0.239. The molecule has 0 aliphatic rings. The number of nitrogens with two attached hydrogens (primary N) is 1. The van der Waals surface area contributed by atoms with E-state index in [4.69, 9.17) is 10.6 Å². The molecule has 2 amide bonds. The molecule has 3 aromatic rings. The predicted octanol–water partition coefficient (Wildman–Crippen LogP) is 3.01. The lowest BCUT2D eigenvalue weighted by atomic mass is 10.1. The Morgan fingerprint density at radius 2 is 1.93 bits per heavy atom. The van der Waals surface area contributed by atoms with Gasteiger partial charge in [-0.3, -0.25) is 19.4 Å². The molecule has 3 rings (SSSR count). The number of nitrogen functional groups attached to an aromatic ring is 1. The number of nitrogens with one attached hydrogen (secondary N) is 1. The molecule has 0 aliphatic carbocycles. The van der Waals surface area contributed by atoms with Gasteiger partial charge in [0.2, 0.25) is 6.41 Å². The molecule has 7 nitrogen and oxygen atoms in total. The van der Waals surface area contributed by atoms with E-state index in [9.17, 15) is 9.59 Å². The van der Waals surface area contributed by atoms with Gasteiger partial charge in [0.05, 0.1) is 6.54 Å². The molecule has 0 saturated carbocycles. The number of aromatic nitrogens is 1. The zero-order valence-electron chi connectivity index (χ0n) is 15.1. The van der Waals surface area contributed by atoms with E-state index < -0.39 is 0 Å². The average Bonchev–Trinajstić information content (AvgIpc) is 2.72. The van der Waals surface area contributed by atoms with E-state index >= 15 is 0 Å². The number of pyridine rings is 1. The fourth-order valence-electron chi connectivity index (χ4n) is 2.52. The Bertz CT molecular complexity index is 930. The largest absolute Gasteiger partial charge is 0.399 e. The highest BCUT2D eigenvalue weighted by atomic mass is 16.7. The van der Waals surface area contributed by atoms with Crippen LogP contribution in [0.15, 0.2) is 73.1 Å². The van der Waals surface area contributed by atoms with Crippen LogP contribution in [0.4, 0.5) is 11.4 Å². The number of hydroxylamine groups is 2. The van der Waals surface area contributed by atoms with Crippen molar-refractivity contribution in [3.8, 4) is 0 Å². The smallest absolute Gasteiger partial charge is 0.255 e. The highest BCUT2D eigenvalue weighted by Gasteiger charge is 2.09. The first kappa shape index (κ1) is 19.1. The van der Waals surface area contributed by atoms with Crippen LogP contribution in [0.1, 0.15) is 21.5 Å². The van der Waals surface area contributed by atoms with Gasteiger partial charge in [0.15, 0.2) is 0 Å². The minimum Gasteiger partial charge on any atom is -0.399 e. The Labute approximate surface area is 162 Å². The van der Waals surface area contributed by atoms with E-state index in [0.29, 0.717) is 23.3 Å². The fraction of sp³-hybridized carbons (Fsp3) is 0.0952. The number of anilines is 2. The molecule has 0 spiro atoms. The molecule has 0 saturated heterocycles. The molecule has 0 atom stereocenters. The maximum absolute atomic E-state index is 12.3. The summed E-state index contributed by atoms with van der Waals surface area (Å²) in [7, 11) is 0. The molecule has 142 valence electrons. The van der Waals surface area contributed by atoms with Gasteiger partial charge in [-0.25, -0.2) is 5.06 Å². The summed E-state index contributed by atoms with van der Waals surface area (Å²) in [5, 5.41) is 4.00. The van der Waals surface area contributed by atoms with Crippen LogP contribution in [0.5, 0.6) is 0 Å². The zero-order chi connectivity index (χ0) is 19.8. The maximum atomic E-state index is 12.3. The van der Waals surface area contributed by atoms with Gasteiger partial charge in [-0.05, 0) is 47.5 Å². The molecule has 0 radical (unpaired) electrons. The Morgan fingerprint density at radius 1 is 1.11 bits per heavy atom. The third-order valence-corrected chi connectivity index (χ3v) is 3.94. The molecule has 0 fully saturated rings. The van der Waals surface area contributed by atoms with Crippen LogP contribution in [0.3, 0.4) is 0 Å². The predicted molar refractivity (Wildman–Crippen MR) is 106 cm³/mol. The highest BCUT2D eigenvalue weighted by molar-refractivity contribution is 6.04. The number of hydrogen-bond acceptors (Lipinski definition) is 5. The average molecular weight is 376 g/mol. The van der Waals surface area contributed by atoms with E-state index in [1.165, 1.54) is 5.06 Å². The monoisotopic (exact) mass is 376 g/mol. The normalized spacial score (nSPS) is 10.3. The molecule has 2 aromatic carbocycles. The Balaban J connectivity index is 1.56. The molecule has 3 N–H and O–H groups in total. The lowest BCUT2D eigenvalue weighted by molar-refractivity contribution is -0.181. The molecule has 1 aromatic heterocycles. The van der Waals surface area contributed by atoms with Crippen LogP contribution < -0.4 is 11.1 Å². The summed E-state index contributed by atoms with van der Waals surface area (Å²) in [6, 6.07) is 17.6. The Kier molecular flexibility index (Phi) is 6.33.